The van der Waals surface area contributed by atoms with Gasteiger partial charge in [0.15, 0.2) is 0 Å². The minimum atomic E-state index is -4.21. The Morgan fingerprint density at radius 3 is 1.90 bits per heavy atom. The molecule has 1 atom stereocenters. The van der Waals surface area contributed by atoms with Gasteiger partial charge in [-0.25, -0.2) is 8.42 Å². The molecule has 0 aromatic heterocycles. The van der Waals surface area contributed by atoms with Crippen molar-refractivity contribution in [3.05, 3.63) is 155 Å². The summed E-state index contributed by atoms with van der Waals surface area (Å²) in [7, 11) is -4.21. The Morgan fingerprint density at radius 2 is 1.29 bits per heavy atom. The number of sulfonamides is 1. The van der Waals surface area contributed by atoms with E-state index < -0.39 is 28.5 Å². The fourth-order valence-electron chi connectivity index (χ4n) is 5.19. The third-order valence-corrected chi connectivity index (χ3v) is 9.92. The second kappa shape index (κ2) is 16.3. The van der Waals surface area contributed by atoms with Crippen molar-refractivity contribution in [2.75, 3.05) is 17.4 Å². The van der Waals surface area contributed by atoms with Gasteiger partial charge >= 0.3 is 0 Å². The maximum atomic E-state index is 14.5. The first-order valence-corrected chi connectivity index (χ1v) is 17.7. The molecule has 0 aliphatic carbocycles. The fourth-order valence-corrected chi connectivity index (χ4v) is 6.89. The van der Waals surface area contributed by atoms with E-state index in [4.69, 9.17) is 4.74 Å². The molecule has 0 bridgehead atoms. The van der Waals surface area contributed by atoms with Crippen LogP contribution in [0.3, 0.4) is 0 Å². The van der Waals surface area contributed by atoms with E-state index in [1.54, 1.807) is 42.5 Å². The molecule has 1 N–H and O–H groups in total. The molecule has 5 rings (SSSR count). The van der Waals surface area contributed by atoms with Gasteiger partial charge in [-0.05, 0) is 78.7 Å². The van der Waals surface area contributed by atoms with E-state index in [0.717, 1.165) is 19.9 Å². The second-order valence-electron chi connectivity index (χ2n) is 11.0. The van der Waals surface area contributed by atoms with Crippen molar-refractivity contribution in [2.24, 2.45) is 0 Å². The maximum absolute atomic E-state index is 14.5. The number of benzene rings is 5. The van der Waals surface area contributed by atoms with Crippen LogP contribution in [0, 0.1) is 0 Å². The number of rotatable bonds is 14. The summed E-state index contributed by atoms with van der Waals surface area (Å²) in [6.45, 7) is 1.73. The minimum absolute atomic E-state index is 0.0337. The molecule has 0 fully saturated rings. The van der Waals surface area contributed by atoms with Gasteiger partial charge in [-0.3, -0.25) is 13.9 Å². The van der Waals surface area contributed by atoms with Crippen molar-refractivity contribution in [2.45, 2.75) is 30.8 Å². The number of nitrogens with zero attached hydrogens (tertiary/aromatic N) is 2. The minimum Gasteiger partial charge on any atom is -0.457 e. The van der Waals surface area contributed by atoms with Crippen LogP contribution in [0.1, 0.15) is 18.1 Å². The monoisotopic (exact) mass is 725 g/mol. The molecule has 0 unspecified atom stereocenters. The lowest BCUT2D eigenvalue weighted by atomic mass is 10.0. The number of halogens is 1. The Morgan fingerprint density at radius 1 is 0.729 bits per heavy atom. The molecular weight excluding hydrogens is 690 g/mol. The lowest BCUT2D eigenvalue weighted by Crippen LogP contribution is -2.53. The first-order valence-electron chi connectivity index (χ1n) is 15.5. The highest BCUT2D eigenvalue weighted by atomic mass is 79.9. The van der Waals surface area contributed by atoms with E-state index in [0.29, 0.717) is 18.0 Å². The molecule has 10 heteroatoms. The molecule has 5 aromatic rings. The SMILES string of the molecule is CCNC(=O)[C@H](Cc1ccccc1)N(Cc1ccc(Br)cc1)C(=O)CN(c1ccc(Oc2ccccc2)cc1)S(=O)(=O)c1ccccc1. The van der Waals surface area contributed by atoms with Gasteiger partial charge in [-0.2, -0.15) is 0 Å². The molecule has 0 spiro atoms. The molecule has 0 radical (unpaired) electrons. The zero-order chi connectivity index (χ0) is 33.9. The Bertz CT molecular complexity index is 1890. The third-order valence-electron chi connectivity index (χ3n) is 7.60. The maximum Gasteiger partial charge on any atom is 0.264 e. The molecule has 48 heavy (non-hydrogen) atoms. The van der Waals surface area contributed by atoms with Gasteiger partial charge in [-0.15, -0.1) is 0 Å². The fraction of sp³-hybridized carbons (Fsp3) is 0.158. The molecule has 0 aliphatic rings. The van der Waals surface area contributed by atoms with Crippen molar-refractivity contribution in [3.8, 4) is 11.5 Å². The molecule has 0 saturated carbocycles. The summed E-state index contributed by atoms with van der Waals surface area (Å²) in [5, 5.41) is 2.88. The van der Waals surface area contributed by atoms with Crippen molar-refractivity contribution in [1.82, 2.24) is 10.2 Å². The van der Waals surface area contributed by atoms with E-state index in [9.17, 15) is 18.0 Å². The number of ether oxygens (including phenoxy) is 1. The van der Waals surface area contributed by atoms with Crippen LogP contribution in [0.4, 0.5) is 5.69 Å². The van der Waals surface area contributed by atoms with Crippen LogP contribution in [-0.4, -0.2) is 44.3 Å². The first-order chi connectivity index (χ1) is 23.2. The Balaban J connectivity index is 1.53. The van der Waals surface area contributed by atoms with E-state index >= 15 is 0 Å². The highest BCUT2D eigenvalue weighted by Gasteiger charge is 2.34. The zero-order valence-electron chi connectivity index (χ0n) is 26.4. The number of carbonyl (C=O) groups excluding carboxylic acids is 2. The first kappa shape index (κ1) is 34.4. The number of likely N-dealkylation sites (N-methyl/N-ethyl adjacent to an activating group) is 1. The summed E-state index contributed by atoms with van der Waals surface area (Å²) < 4.78 is 36.3. The third kappa shape index (κ3) is 8.90. The predicted octanol–water partition coefficient (Wildman–Crippen LogP) is 7.21. The molecule has 8 nitrogen and oxygen atoms in total. The summed E-state index contributed by atoms with van der Waals surface area (Å²) in [4.78, 5) is 29.7. The molecule has 0 aliphatic heterocycles. The number of hydrogen-bond acceptors (Lipinski definition) is 5. The Hall–Kier alpha value is -4.93. The van der Waals surface area contributed by atoms with Gasteiger partial charge in [-0.1, -0.05) is 94.8 Å². The van der Waals surface area contributed by atoms with Gasteiger partial charge < -0.3 is 15.0 Å². The van der Waals surface area contributed by atoms with Gasteiger partial charge in [0, 0.05) is 24.0 Å². The van der Waals surface area contributed by atoms with Crippen LogP contribution >= 0.6 is 15.9 Å². The van der Waals surface area contributed by atoms with Crippen molar-refractivity contribution in [3.63, 3.8) is 0 Å². The molecule has 0 saturated heterocycles. The second-order valence-corrected chi connectivity index (χ2v) is 13.8. The van der Waals surface area contributed by atoms with Crippen LogP contribution < -0.4 is 14.4 Å². The van der Waals surface area contributed by atoms with Crippen LogP contribution in [0.2, 0.25) is 0 Å². The van der Waals surface area contributed by atoms with Gasteiger partial charge in [0.05, 0.1) is 10.6 Å². The van der Waals surface area contributed by atoms with Crippen molar-refractivity contribution in [1.29, 1.82) is 0 Å². The lowest BCUT2D eigenvalue weighted by molar-refractivity contribution is -0.140. The topological polar surface area (TPSA) is 96.0 Å². The number of para-hydroxylation sites is 1. The molecule has 0 heterocycles. The summed E-state index contributed by atoms with van der Waals surface area (Å²) in [5.74, 6) is 0.276. The Kier molecular flexibility index (Phi) is 11.7. The summed E-state index contributed by atoms with van der Waals surface area (Å²) in [5.41, 5.74) is 1.92. The molecule has 2 amide bonds. The standard InChI is InChI=1S/C38H36BrN3O5S/c1-2-40-38(44)36(26-29-12-6-3-7-13-29)41(27-30-18-20-31(39)21-19-30)37(43)28-42(48(45,46)35-16-10-5-11-17-35)32-22-24-34(25-23-32)47-33-14-8-4-9-15-33/h3-25,36H,2,26-28H2,1H3,(H,40,44)/t36-/m0/s1. The largest absolute Gasteiger partial charge is 0.457 e. The summed E-state index contributed by atoms with van der Waals surface area (Å²) in [6, 6.07) is 39.7. The number of amides is 2. The average Bonchev–Trinajstić information content (AvgIpc) is 3.11. The van der Waals surface area contributed by atoms with Crippen molar-refractivity contribution < 1.29 is 22.7 Å². The van der Waals surface area contributed by atoms with Crippen LogP contribution in [0.15, 0.2) is 149 Å². The highest BCUT2D eigenvalue weighted by molar-refractivity contribution is 9.10. The zero-order valence-corrected chi connectivity index (χ0v) is 28.8. The predicted molar refractivity (Wildman–Crippen MR) is 191 cm³/mol. The quantitative estimate of drug-likeness (QED) is 0.131. The number of hydrogen-bond donors (Lipinski definition) is 1. The number of anilines is 1. The van der Waals surface area contributed by atoms with E-state index in [1.807, 2.05) is 91.9 Å². The van der Waals surface area contributed by atoms with Crippen molar-refractivity contribution >= 4 is 43.5 Å². The van der Waals surface area contributed by atoms with Crippen LogP contribution in [0.25, 0.3) is 0 Å². The summed E-state index contributed by atoms with van der Waals surface area (Å²) >= 11 is 3.46. The van der Waals surface area contributed by atoms with E-state index in [-0.39, 0.29) is 29.5 Å². The van der Waals surface area contributed by atoms with Crippen LogP contribution in [0.5, 0.6) is 11.5 Å². The van der Waals surface area contributed by atoms with E-state index in [1.165, 1.54) is 17.0 Å². The van der Waals surface area contributed by atoms with E-state index in [2.05, 4.69) is 21.2 Å². The highest BCUT2D eigenvalue weighted by Crippen LogP contribution is 2.29. The molecule has 5 aromatic carbocycles. The van der Waals surface area contributed by atoms with Gasteiger partial charge in [0.25, 0.3) is 10.0 Å². The molecule has 246 valence electrons. The number of nitrogens with one attached hydrogen (secondary N) is 1. The smallest absolute Gasteiger partial charge is 0.264 e. The number of carbonyl (C=O) groups is 2. The van der Waals surface area contributed by atoms with Gasteiger partial charge in [0.1, 0.15) is 24.1 Å². The molecular formula is C38H36BrN3O5S. The lowest BCUT2D eigenvalue weighted by Gasteiger charge is -2.34. The Labute approximate surface area is 290 Å². The normalized spacial score (nSPS) is 11.7. The summed E-state index contributed by atoms with van der Waals surface area (Å²) in [6.07, 6.45) is 0.242. The average molecular weight is 727 g/mol. The van der Waals surface area contributed by atoms with Gasteiger partial charge in [0.2, 0.25) is 11.8 Å². The van der Waals surface area contributed by atoms with Crippen LogP contribution in [-0.2, 0) is 32.6 Å².